The molecular weight excluding hydrogens is 446 g/mol. The highest BCUT2D eigenvalue weighted by atomic mass is 16.3. The van der Waals surface area contributed by atoms with E-state index in [2.05, 4.69) is 127 Å². The summed E-state index contributed by atoms with van der Waals surface area (Å²) in [4.78, 5) is 9.63. The summed E-state index contributed by atoms with van der Waals surface area (Å²) in [5.41, 5.74) is 7.24. The Hall–Kier alpha value is -3.80. The van der Waals surface area contributed by atoms with E-state index in [1.807, 2.05) is 6.92 Å². The Balaban J connectivity index is 1.53. The van der Waals surface area contributed by atoms with Gasteiger partial charge in [-0.3, -0.25) is 0 Å². The molecule has 3 aromatic heterocycles. The Morgan fingerprint density at radius 1 is 0.972 bits per heavy atom. The number of fused-ring (bicyclic) bond motifs is 4. The van der Waals surface area contributed by atoms with Crippen molar-refractivity contribution in [3.63, 3.8) is 0 Å². The topological polar surface area (TPSA) is 41.3 Å². The Labute approximate surface area is 212 Å². The summed E-state index contributed by atoms with van der Waals surface area (Å²) in [6.07, 6.45) is 2.17. The Kier molecular flexibility index (Phi) is 4.94. The molecule has 5 aromatic rings. The summed E-state index contributed by atoms with van der Waals surface area (Å²) < 4.78 is 10.8. The van der Waals surface area contributed by atoms with Crippen LogP contribution < -0.4 is 14.5 Å². The highest BCUT2D eigenvalue weighted by Gasteiger charge is 2.44. The third kappa shape index (κ3) is 3.16. The predicted molar refractivity (Wildman–Crippen MR) is 146 cm³/mol. The van der Waals surface area contributed by atoms with Crippen LogP contribution in [0.4, 0.5) is 17.2 Å². The van der Waals surface area contributed by atoms with Gasteiger partial charge in [0.25, 0.3) is 0 Å². The van der Waals surface area contributed by atoms with E-state index in [4.69, 9.17) is 4.42 Å². The molecule has 6 nitrogen and oxygen atoms in total. The van der Waals surface area contributed by atoms with E-state index < -0.39 is 0 Å². The molecule has 1 aliphatic rings. The third-order valence-electron chi connectivity index (χ3n) is 7.74. The predicted octanol–water partition coefficient (Wildman–Crippen LogP) is 6.66. The fourth-order valence-corrected chi connectivity index (χ4v) is 6.01. The minimum atomic E-state index is -0.310. The van der Waals surface area contributed by atoms with Crippen LogP contribution in [0.25, 0.3) is 22.1 Å². The quantitative estimate of drug-likeness (QED) is 0.270. The normalized spacial score (nSPS) is 14.0. The average molecular weight is 481 g/mol. The lowest BCUT2D eigenvalue weighted by molar-refractivity contribution is -0.744. The van der Waals surface area contributed by atoms with Crippen LogP contribution in [0.5, 0.6) is 0 Å². The summed E-state index contributed by atoms with van der Waals surface area (Å²) in [7, 11) is 2.14. The summed E-state index contributed by atoms with van der Waals surface area (Å²) >= 11 is 0. The second kappa shape index (κ2) is 7.85. The number of para-hydroxylation sites is 2. The molecule has 0 N–H and O–H groups in total. The zero-order chi connectivity index (χ0) is 25.4. The molecule has 0 saturated carbocycles. The number of furan rings is 1. The second-order valence-corrected chi connectivity index (χ2v) is 10.8. The number of hydrogen-bond acceptors (Lipinski definition) is 4. The Morgan fingerprint density at radius 2 is 1.72 bits per heavy atom. The van der Waals surface area contributed by atoms with Gasteiger partial charge >= 0.3 is 5.82 Å². The van der Waals surface area contributed by atoms with Crippen molar-refractivity contribution < 1.29 is 9.10 Å². The summed E-state index contributed by atoms with van der Waals surface area (Å²) in [6.45, 7) is 14.1. The van der Waals surface area contributed by atoms with Gasteiger partial charge in [-0.2, -0.15) is 4.68 Å². The molecule has 0 bridgehead atoms. The van der Waals surface area contributed by atoms with Gasteiger partial charge in [0.2, 0.25) is 5.71 Å². The number of rotatable bonds is 4. The Bertz CT molecular complexity index is 1620. The van der Waals surface area contributed by atoms with Crippen LogP contribution in [0.1, 0.15) is 50.6 Å². The van der Waals surface area contributed by atoms with Gasteiger partial charge in [0.15, 0.2) is 12.4 Å². The smallest absolute Gasteiger partial charge is 0.303 e. The lowest BCUT2D eigenvalue weighted by atomic mass is 9.85. The van der Waals surface area contributed by atoms with Crippen LogP contribution in [-0.4, -0.2) is 16.3 Å². The standard InChI is InChI=1S/C30H34N5O/c1-19(2)35-17-16-26(32(35)7)33-18-34(24-11-9-8-10-23(24)33)30(5,6)28-20(3)12-15-25-27(28)22-14-13-21(4)31-29(22)36-25/h8-17,19H,18H2,1-7H3/q+1. The lowest BCUT2D eigenvalue weighted by Crippen LogP contribution is -2.47. The van der Waals surface area contributed by atoms with Gasteiger partial charge in [-0.1, -0.05) is 18.2 Å². The largest absolute Gasteiger partial charge is 0.438 e. The van der Waals surface area contributed by atoms with Crippen molar-refractivity contribution >= 4 is 39.3 Å². The highest BCUT2D eigenvalue weighted by Crippen LogP contribution is 2.48. The number of anilines is 3. The first kappa shape index (κ1) is 22.7. The molecule has 0 fully saturated rings. The van der Waals surface area contributed by atoms with E-state index in [0.29, 0.717) is 11.8 Å². The van der Waals surface area contributed by atoms with E-state index in [0.717, 1.165) is 28.7 Å². The average Bonchev–Trinajstić information content (AvgIpc) is 3.51. The third-order valence-corrected chi connectivity index (χ3v) is 7.74. The molecule has 36 heavy (non-hydrogen) atoms. The molecule has 0 amide bonds. The minimum Gasteiger partial charge on any atom is -0.438 e. The lowest BCUT2D eigenvalue weighted by Gasteiger charge is -2.38. The zero-order valence-electron chi connectivity index (χ0n) is 22.2. The van der Waals surface area contributed by atoms with E-state index in [1.165, 1.54) is 28.3 Å². The molecule has 6 rings (SSSR count). The van der Waals surface area contributed by atoms with Crippen LogP contribution >= 0.6 is 0 Å². The molecule has 0 atom stereocenters. The summed E-state index contributed by atoms with van der Waals surface area (Å²) in [5, 5.41) is 2.24. The number of pyridine rings is 1. The van der Waals surface area contributed by atoms with Gasteiger partial charge in [0.1, 0.15) is 12.6 Å². The van der Waals surface area contributed by atoms with Gasteiger partial charge in [0.05, 0.1) is 23.5 Å². The van der Waals surface area contributed by atoms with Crippen LogP contribution in [-0.2, 0) is 12.6 Å². The van der Waals surface area contributed by atoms with Crippen molar-refractivity contribution in [1.82, 2.24) is 9.67 Å². The second-order valence-electron chi connectivity index (χ2n) is 10.8. The molecule has 0 unspecified atom stereocenters. The van der Waals surface area contributed by atoms with Crippen molar-refractivity contribution in [1.29, 1.82) is 0 Å². The number of hydrogen-bond donors (Lipinski definition) is 0. The van der Waals surface area contributed by atoms with E-state index in [1.54, 1.807) is 0 Å². The number of benzene rings is 2. The maximum Gasteiger partial charge on any atom is 0.303 e. The molecule has 1 aliphatic heterocycles. The molecular formula is C30H34N5O+. The van der Waals surface area contributed by atoms with E-state index >= 15 is 0 Å². The van der Waals surface area contributed by atoms with E-state index in [-0.39, 0.29) is 5.54 Å². The van der Waals surface area contributed by atoms with Crippen LogP contribution in [0.3, 0.4) is 0 Å². The summed E-state index contributed by atoms with van der Waals surface area (Å²) in [5.74, 6) is 1.18. The fraction of sp³-hybridized carbons (Fsp3) is 0.333. The van der Waals surface area contributed by atoms with Gasteiger partial charge in [-0.15, -0.1) is 0 Å². The molecule has 0 saturated heterocycles. The highest BCUT2D eigenvalue weighted by molar-refractivity contribution is 6.06. The summed E-state index contributed by atoms with van der Waals surface area (Å²) in [6, 6.07) is 19.8. The van der Waals surface area contributed by atoms with Gasteiger partial charge in [-0.25, -0.2) is 14.6 Å². The molecule has 0 spiro atoms. The molecule has 4 heterocycles. The molecule has 0 aliphatic carbocycles. The molecule has 2 aromatic carbocycles. The van der Waals surface area contributed by atoms with Crippen LogP contribution in [0.15, 0.2) is 65.2 Å². The van der Waals surface area contributed by atoms with E-state index in [9.17, 15) is 0 Å². The van der Waals surface area contributed by atoms with Gasteiger partial charge in [0, 0.05) is 22.5 Å². The number of nitrogens with zero attached hydrogens (tertiary/aromatic N) is 5. The first-order chi connectivity index (χ1) is 17.2. The minimum absolute atomic E-state index is 0.310. The van der Waals surface area contributed by atoms with Crippen molar-refractivity contribution in [3.05, 3.63) is 77.6 Å². The van der Waals surface area contributed by atoms with Crippen LogP contribution in [0, 0.1) is 13.8 Å². The van der Waals surface area contributed by atoms with Crippen LogP contribution in [0.2, 0.25) is 0 Å². The van der Waals surface area contributed by atoms with Crippen molar-refractivity contribution in [2.45, 2.75) is 53.1 Å². The molecule has 6 heteroatoms. The number of aromatic nitrogens is 3. The SMILES string of the molecule is Cc1ccc2c(n1)oc1ccc(C)c(C(C)(C)N3CN(c4ccn(C(C)C)[n+]4C)c4ccccc43)c12. The molecule has 184 valence electrons. The monoisotopic (exact) mass is 480 g/mol. The fourth-order valence-electron chi connectivity index (χ4n) is 6.01. The molecule has 0 radical (unpaired) electrons. The van der Waals surface area contributed by atoms with Gasteiger partial charge < -0.3 is 9.32 Å². The first-order valence-electron chi connectivity index (χ1n) is 12.7. The maximum atomic E-state index is 6.24. The van der Waals surface area contributed by atoms with Gasteiger partial charge in [-0.05, 0) is 83.0 Å². The maximum absolute atomic E-state index is 6.24. The van der Waals surface area contributed by atoms with Crippen molar-refractivity contribution in [3.8, 4) is 0 Å². The first-order valence-corrected chi connectivity index (χ1v) is 12.7. The van der Waals surface area contributed by atoms with Crippen molar-refractivity contribution in [2.24, 2.45) is 7.05 Å². The van der Waals surface area contributed by atoms with Crippen molar-refractivity contribution in [2.75, 3.05) is 16.5 Å². The Morgan fingerprint density at radius 3 is 2.44 bits per heavy atom. The zero-order valence-corrected chi connectivity index (χ0v) is 22.2. The number of aryl methyl sites for hydroxylation is 2.